The van der Waals surface area contributed by atoms with E-state index in [-0.39, 0.29) is 18.0 Å². The minimum absolute atomic E-state index is 0.0249. The first kappa shape index (κ1) is 14.1. The lowest BCUT2D eigenvalue weighted by molar-refractivity contribution is -0.132. The second-order valence-electron chi connectivity index (χ2n) is 5.61. The normalized spacial score (nSPS) is 29.0. The number of hydrogen-bond donors (Lipinski definition) is 1. The van der Waals surface area contributed by atoms with Crippen molar-refractivity contribution in [3.8, 4) is 0 Å². The van der Waals surface area contributed by atoms with E-state index in [0.717, 1.165) is 18.4 Å². The number of urea groups is 1. The number of benzene rings is 1. The number of nitrogens with zero attached hydrogens (tertiary/aromatic N) is 1. The first-order chi connectivity index (χ1) is 10.2. The van der Waals surface area contributed by atoms with Crippen LogP contribution < -0.4 is 5.32 Å². The average molecular weight is 288 g/mol. The number of carbonyl (C=O) groups excluding carboxylic acids is 2. The van der Waals surface area contributed by atoms with Crippen LogP contribution in [0.25, 0.3) is 0 Å². The molecular weight excluding hydrogens is 268 g/mol. The van der Waals surface area contributed by atoms with Crippen LogP contribution in [-0.2, 0) is 15.1 Å². The third kappa shape index (κ3) is 2.31. The second-order valence-corrected chi connectivity index (χ2v) is 5.61. The molecule has 2 fully saturated rings. The van der Waals surface area contributed by atoms with Crippen LogP contribution in [0, 0.1) is 0 Å². The molecule has 0 spiro atoms. The van der Waals surface area contributed by atoms with Crippen molar-refractivity contribution in [3.63, 3.8) is 0 Å². The fraction of sp³-hybridized carbons (Fsp3) is 0.500. The fourth-order valence-corrected chi connectivity index (χ4v) is 3.15. The summed E-state index contributed by atoms with van der Waals surface area (Å²) in [4.78, 5) is 26.4. The summed E-state index contributed by atoms with van der Waals surface area (Å²) in [6.07, 6.45) is 2.40. The average Bonchev–Trinajstić information content (AvgIpc) is 3.11. The van der Waals surface area contributed by atoms with Crippen LogP contribution in [0.4, 0.5) is 4.79 Å². The molecule has 2 saturated heterocycles. The first-order valence-corrected chi connectivity index (χ1v) is 7.48. The maximum absolute atomic E-state index is 12.8. The Kier molecular flexibility index (Phi) is 3.68. The van der Waals surface area contributed by atoms with Crippen molar-refractivity contribution in [3.05, 3.63) is 35.9 Å². The smallest absolute Gasteiger partial charge is 0.325 e. The molecule has 1 aromatic carbocycles. The van der Waals surface area contributed by atoms with Crippen LogP contribution in [0.3, 0.4) is 0 Å². The molecule has 2 aliphatic rings. The van der Waals surface area contributed by atoms with Gasteiger partial charge in [0, 0.05) is 6.61 Å². The van der Waals surface area contributed by atoms with E-state index in [1.807, 2.05) is 37.3 Å². The van der Waals surface area contributed by atoms with Crippen LogP contribution in [0.1, 0.15) is 31.7 Å². The highest BCUT2D eigenvalue weighted by atomic mass is 16.5. The molecule has 5 nitrogen and oxygen atoms in total. The molecule has 0 unspecified atom stereocenters. The molecular formula is C16H20N2O3. The molecule has 0 aliphatic carbocycles. The molecule has 2 atom stereocenters. The van der Waals surface area contributed by atoms with Gasteiger partial charge >= 0.3 is 6.03 Å². The van der Waals surface area contributed by atoms with E-state index >= 15 is 0 Å². The third-order valence-electron chi connectivity index (χ3n) is 4.38. The van der Waals surface area contributed by atoms with Crippen molar-refractivity contribution in [2.75, 3.05) is 13.2 Å². The van der Waals surface area contributed by atoms with Crippen LogP contribution in [0.15, 0.2) is 30.3 Å². The molecule has 1 aromatic rings. The summed E-state index contributed by atoms with van der Waals surface area (Å²) >= 11 is 0. The summed E-state index contributed by atoms with van der Waals surface area (Å²) in [7, 11) is 0. The summed E-state index contributed by atoms with van der Waals surface area (Å²) in [5, 5.41) is 2.89. The lowest BCUT2D eigenvalue weighted by Crippen LogP contribution is -2.44. The molecule has 2 aliphatic heterocycles. The van der Waals surface area contributed by atoms with Crippen molar-refractivity contribution in [2.24, 2.45) is 0 Å². The van der Waals surface area contributed by atoms with E-state index in [1.54, 1.807) is 0 Å². The topological polar surface area (TPSA) is 58.6 Å². The predicted molar refractivity (Wildman–Crippen MR) is 77.6 cm³/mol. The standard InChI is InChI=1S/C16H20N2O3/c1-2-16(12-7-4-3-5-8-12)14(19)18(15(20)17-16)11-13-9-6-10-21-13/h3-5,7-8,13H,2,6,9-11H2,1H3,(H,17,20)/t13-,16-/m1/s1. The van der Waals surface area contributed by atoms with E-state index in [0.29, 0.717) is 19.6 Å². The molecule has 0 radical (unpaired) electrons. The SMILES string of the molecule is CC[C@]1(c2ccccc2)NC(=O)N(C[C@H]2CCCO2)C1=O. The third-order valence-corrected chi connectivity index (χ3v) is 4.38. The van der Waals surface area contributed by atoms with Gasteiger partial charge in [-0.15, -0.1) is 0 Å². The van der Waals surface area contributed by atoms with Gasteiger partial charge in [0.25, 0.3) is 5.91 Å². The minimum atomic E-state index is -0.934. The van der Waals surface area contributed by atoms with Gasteiger partial charge in [0.15, 0.2) is 0 Å². The summed E-state index contributed by atoms with van der Waals surface area (Å²) in [6.45, 7) is 2.98. The highest BCUT2D eigenvalue weighted by Crippen LogP contribution is 2.32. The first-order valence-electron chi connectivity index (χ1n) is 7.48. The van der Waals surface area contributed by atoms with Crippen molar-refractivity contribution in [1.29, 1.82) is 0 Å². The Hall–Kier alpha value is -1.88. The second kappa shape index (κ2) is 5.48. The van der Waals surface area contributed by atoms with Gasteiger partial charge in [0.1, 0.15) is 5.54 Å². The number of carbonyl (C=O) groups is 2. The van der Waals surface area contributed by atoms with Crippen LogP contribution in [-0.4, -0.2) is 36.1 Å². The molecule has 0 aromatic heterocycles. The van der Waals surface area contributed by atoms with Crippen LogP contribution in [0.5, 0.6) is 0 Å². The van der Waals surface area contributed by atoms with Gasteiger partial charge in [-0.3, -0.25) is 9.69 Å². The Balaban J connectivity index is 1.87. The zero-order chi connectivity index (χ0) is 14.9. The summed E-state index contributed by atoms with van der Waals surface area (Å²) in [6, 6.07) is 9.12. The molecule has 5 heteroatoms. The molecule has 112 valence electrons. The van der Waals surface area contributed by atoms with Crippen molar-refractivity contribution in [1.82, 2.24) is 10.2 Å². The maximum atomic E-state index is 12.8. The van der Waals surface area contributed by atoms with Crippen molar-refractivity contribution >= 4 is 11.9 Å². The molecule has 0 bridgehead atoms. The van der Waals surface area contributed by atoms with Crippen LogP contribution >= 0.6 is 0 Å². The van der Waals surface area contributed by atoms with Gasteiger partial charge in [-0.2, -0.15) is 0 Å². The van der Waals surface area contributed by atoms with Gasteiger partial charge in [-0.05, 0) is 24.8 Å². The number of rotatable bonds is 4. The lowest BCUT2D eigenvalue weighted by atomic mass is 9.87. The number of imide groups is 1. The zero-order valence-corrected chi connectivity index (χ0v) is 12.2. The Morgan fingerprint density at radius 3 is 2.71 bits per heavy atom. The van der Waals surface area contributed by atoms with Crippen molar-refractivity contribution in [2.45, 2.75) is 37.8 Å². The van der Waals surface area contributed by atoms with Crippen molar-refractivity contribution < 1.29 is 14.3 Å². The van der Waals surface area contributed by atoms with E-state index in [9.17, 15) is 9.59 Å². The molecule has 1 N–H and O–H groups in total. The number of nitrogens with one attached hydrogen (secondary N) is 1. The maximum Gasteiger partial charge on any atom is 0.325 e. The van der Waals surface area contributed by atoms with E-state index in [1.165, 1.54) is 4.90 Å². The Morgan fingerprint density at radius 2 is 2.10 bits per heavy atom. The number of hydrogen-bond acceptors (Lipinski definition) is 3. The monoisotopic (exact) mass is 288 g/mol. The summed E-state index contributed by atoms with van der Waals surface area (Å²) in [5.41, 5.74) is -0.0996. The highest BCUT2D eigenvalue weighted by molar-refractivity contribution is 6.07. The zero-order valence-electron chi connectivity index (χ0n) is 12.2. The molecule has 21 heavy (non-hydrogen) atoms. The van der Waals surface area contributed by atoms with E-state index < -0.39 is 5.54 Å². The Labute approximate surface area is 124 Å². The predicted octanol–water partition coefficient (Wildman–Crippen LogP) is 2.02. The number of ether oxygens (including phenoxy) is 1. The van der Waals surface area contributed by atoms with Gasteiger partial charge in [0.05, 0.1) is 12.6 Å². The summed E-state index contributed by atoms with van der Waals surface area (Å²) in [5.74, 6) is -0.170. The van der Waals surface area contributed by atoms with Crippen LogP contribution in [0.2, 0.25) is 0 Å². The molecule has 2 heterocycles. The quantitative estimate of drug-likeness (QED) is 0.862. The Morgan fingerprint density at radius 1 is 1.33 bits per heavy atom. The van der Waals surface area contributed by atoms with Gasteiger partial charge in [-0.25, -0.2) is 4.79 Å². The van der Waals surface area contributed by atoms with E-state index in [2.05, 4.69) is 5.32 Å². The minimum Gasteiger partial charge on any atom is -0.376 e. The highest BCUT2D eigenvalue weighted by Gasteiger charge is 2.51. The number of amides is 3. The fourth-order valence-electron chi connectivity index (χ4n) is 3.15. The lowest BCUT2D eigenvalue weighted by Gasteiger charge is -2.26. The molecule has 3 rings (SSSR count). The van der Waals surface area contributed by atoms with E-state index in [4.69, 9.17) is 4.74 Å². The molecule has 3 amide bonds. The molecule has 0 saturated carbocycles. The van der Waals surface area contributed by atoms with Gasteiger partial charge in [0.2, 0.25) is 0 Å². The van der Waals surface area contributed by atoms with Gasteiger partial charge in [-0.1, -0.05) is 37.3 Å². The largest absolute Gasteiger partial charge is 0.376 e. The Bertz CT molecular complexity index is 540. The van der Waals surface area contributed by atoms with Gasteiger partial charge < -0.3 is 10.1 Å². The summed E-state index contributed by atoms with van der Waals surface area (Å²) < 4.78 is 5.55.